The summed E-state index contributed by atoms with van der Waals surface area (Å²) in [5.74, 6) is -1.77. The first-order valence-corrected chi connectivity index (χ1v) is 10.9. The van der Waals surface area contributed by atoms with Crippen LogP contribution in [0.5, 0.6) is 5.75 Å². The van der Waals surface area contributed by atoms with Crippen LogP contribution in [-0.2, 0) is 9.59 Å². The number of nitrogens with zero attached hydrogens (tertiary/aromatic N) is 1. The number of aliphatic hydroxyl groups is 1. The van der Waals surface area contributed by atoms with Crippen LogP contribution >= 0.6 is 0 Å². The molecule has 1 fully saturated rings. The van der Waals surface area contributed by atoms with Gasteiger partial charge in [0.25, 0.3) is 11.7 Å². The van der Waals surface area contributed by atoms with Gasteiger partial charge in [0.1, 0.15) is 17.3 Å². The minimum Gasteiger partial charge on any atom is -0.507 e. The number of aliphatic hydroxyl groups excluding tert-OH is 1. The first kappa shape index (κ1) is 21.5. The van der Waals surface area contributed by atoms with Crippen molar-refractivity contribution in [2.75, 3.05) is 11.5 Å². The molecule has 7 heteroatoms. The van der Waals surface area contributed by atoms with Crippen LogP contribution in [0.2, 0.25) is 0 Å². The lowest BCUT2D eigenvalue weighted by molar-refractivity contribution is -0.132. The number of nitrogens with one attached hydrogen (secondary N) is 1. The number of carbonyl (C=O) groups excluding carboxylic acids is 2. The van der Waals surface area contributed by atoms with E-state index in [4.69, 9.17) is 4.74 Å². The number of hydrogen-bond acceptors (Lipinski definition) is 4. The summed E-state index contributed by atoms with van der Waals surface area (Å²) < 4.78 is 19.0. The highest BCUT2D eigenvalue weighted by molar-refractivity contribution is 6.51. The molecular formula is C27H21FN2O4. The minimum atomic E-state index is -0.890. The number of Topliss-reactive ketones (excluding diaryl/α,β-unsaturated/α-hetero) is 1. The number of anilines is 1. The van der Waals surface area contributed by atoms with Gasteiger partial charge in [-0.25, -0.2) is 4.39 Å². The number of ketones is 1. The van der Waals surface area contributed by atoms with Crippen LogP contribution in [-0.4, -0.2) is 28.4 Å². The molecule has 3 aromatic carbocycles. The van der Waals surface area contributed by atoms with Crippen LogP contribution in [0, 0.1) is 5.82 Å². The molecule has 0 bridgehead atoms. The van der Waals surface area contributed by atoms with Gasteiger partial charge in [-0.1, -0.05) is 18.2 Å². The zero-order chi connectivity index (χ0) is 23.8. The lowest BCUT2D eigenvalue weighted by atomic mass is 9.94. The Morgan fingerprint density at radius 3 is 2.44 bits per heavy atom. The number of hydrogen-bond donors (Lipinski definition) is 2. The van der Waals surface area contributed by atoms with E-state index in [1.165, 1.54) is 29.2 Å². The molecule has 1 aromatic heterocycles. The van der Waals surface area contributed by atoms with E-state index in [-0.39, 0.29) is 16.9 Å². The molecule has 0 saturated carbocycles. The number of fused-ring (bicyclic) bond motifs is 1. The van der Waals surface area contributed by atoms with Gasteiger partial charge in [-0.15, -0.1) is 0 Å². The maximum atomic E-state index is 13.5. The molecule has 0 spiro atoms. The second kappa shape index (κ2) is 8.51. The highest BCUT2D eigenvalue weighted by atomic mass is 19.1. The average molecular weight is 456 g/mol. The molecule has 6 nitrogen and oxygen atoms in total. The van der Waals surface area contributed by atoms with Gasteiger partial charge < -0.3 is 14.8 Å². The molecule has 1 aliphatic rings. The number of H-pyrrole nitrogens is 1. The fourth-order valence-electron chi connectivity index (χ4n) is 4.35. The maximum absolute atomic E-state index is 13.5. The number of aromatic nitrogens is 1. The Morgan fingerprint density at radius 2 is 1.74 bits per heavy atom. The lowest BCUT2D eigenvalue weighted by Crippen LogP contribution is -2.29. The molecule has 170 valence electrons. The predicted molar refractivity (Wildman–Crippen MR) is 127 cm³/mol. The van der Waals surface area contributed by atoms with E-state index < -0.39 is 23.5 Å². The minimum absolute atomic E-state index is 0.0600. The van der Waals surface area contributed by atoms with Crippen molar-refractivity contribution >= 4 is 34.0 Å². The quantitative estimate of drug-likeness (QED) is 0.242. The number of amides is 1. The van der Waals surface area contributed by atoms with Crippen molar-refractivity contribution in [2.45, 2.75) is 13.0 Å². The third-order valence-corrected chi connectivity index (χ3v) is 5.90. The largest absolute Gasteiger partial charge is 0.507 e. The number of carbonyl (C=O) groups is 2. The van der Waals surface area contributed by atoms with E-state index in [0.29, 0.717) is 23.6 Å². The zero-order valence-corrected chi connectivity index (χ0v) is 18.3. The fourth-order valence-corrected chi connectivity index (χ4v) is 4.35. The zero-order valence-electron chi connectivity index (χ0n) is 18.3. The molecule has 2 N–H and O–H groups in total. The third kappa shape index (κ3) is 3.51. The van der Waals surface area contributed by atoms with Crippen molar-refractivity contribution in [3.05, 3.63) is 102 Å². The monoisotopic (exact) mass is 456 g/mol. The lowest BCUT2D eigenvalue weighted by Gasteiger charge is -2.25. The molecule has 1 atom stereocenters. The molecule has 0 aliphatic carbocycles. The topological polar surface area (TPSA) is 82.6 Å². The molecule has 1 unspecified atom stereocenters. The Hall–Kier alpha value is -4.39. The normalized spacial score (nSPS) is 17.5. The fraction of sp³-hybridized carbons (Fsp3) is 0.111. The Balaban J connectivity index is 1.72. The Bertz CT molecular complexity index is 1420. The van der Waals surface area contributed by atoms with Crippen molar-refractivity contribution in [3.8, 4) is 5.75 Å². The Labute approximate surface area is 194 Å². The van der Waals surface area contributed by atoms with Gasteiger partial charge in [0, 0.05) is 33.9 Å². The highest BCUT2D eigenvalue weighted by Gasteiger charge is 2.47. The summed E-state index contributed by atoms with van der Waals surface area (Å²) in [6.07, 6.45) is 1.74. The number of para-hydroxylation sites is 1. The molecule has 1 saturated heterocycles. The average Bonchev–Trinajstić information content (AvgIpc) is 3.38. The van der Waals surface area contributed by atoms with Crippen LogP contribution < -0.4 is 9.64 Å². The van der Waals surface area contributed by atoms with E-state index in [9.17, 15) is 19.1 Å². The van der Waals surface area contributed by atoms with Crippen LogP contribution in [0.15, 0.2) is 84.6 Å². The summed E-state index contributed by atoms with van der Waals surface area (Å²) in [6.45, 7) is 2.37. The number of aromatic amines is 1. The molecule has 2 heterocycles. The summed E-state index contributed by atoms with van der Waals surface area (Å²) in [5, 5.41) is 12.0. The predicted octanol–water partition coefficient (Wildman–Crippen LogP) is 5.33. The summed E-state index contributed by atoms with van der Waals surface area (Å²) in [7, 11) is 0. The van der Waals surface area contributed by atoms with Gasteiger partial charge in [-0.3, -0.25) is 14.5 Å². The molecule has 4 aromatic rings. The molecule has 34 heavy (non-hydrogen) atoms. The standard InChI is InChI=1S/C27H21FN2O4/c1-2-34-19-13-11-18(12-14-19)30-24(21-15-29-22-6-4-3-5-20(21)22)23(26(32)27(30)33)25(31)16-7-9-17(28)10-8-16/h3-15,24,29,31H,2H2,1H3/b25-23+. The van der Waals surface area contributed by atoms with Gasteiger partial charge in [0.2, 0.25) is 0 Å². The summed E-state index contributed by atoms with van der Waals surface area (Å²) in [4.78, 5) is 31.1. The van der Waals surface area contributed by atoms with Crippen LogP contribution in [0.1, 0.15) is 24.1 Å². The van der Waals surface area contributed by atoms with Crippen LogP contribution in [0.25, 0.3) is 16.7 Å². The summed E-state index contributed by atoms with van der Waals surface area (Å²) in [6, 6.07) is 18.6. The van der Waals surface area contributed by atoms with Crippen molar-refractivity contribution in [1.29, 1.82) is 0 Å². The second-order valence-electron chi connectivity index (χ2n) is 7.89. The van der Waals surface area contributed by atoms with Gasteiger partial charge in [0.15, 0.2) is 0 Å². The molecule has 1 amide bonds. The molecule has 1 aliphatic heterocycles. The maximum Gasteiger partial charge on any atom is 0.300 e. The van der Waals surface area contributed by atoms with Crippen molar-refractivity contribution in [3.63, 3.8) is 0 Å². The van der Waals surface area contributed by atoms with Crippen molar-refractivity contribution < 1.29 is 23.8 Å². The van der Waals surface area contributed by atoms with E-state index in [0.717, 1.165) is 10.9 Å². The highest BCUT2D eigenvalue weighted by Crippen LogP contribution is 2.44. The molecule has 0 radical (unpaired) electrons. The van der Waals surface area contributed by atoms with E-state index in [1.807, 2.05) is 31.2 Å². The third-order valence-electron chi connectivity index (χ3n) is 5.90. The van der Waals surface area contributed by atoms with Gasteiger partial charge in [0.05, 0.1) is 18.2 Å². The van der Waals surface area contributed by atoms with E-state index in [1.54, 1.807) is 30.5 Å². The first-order chi connectivity index (χ1) is 16.5. The van der Waals surface area contributed by atoms with Crippen LogP contribution in [0.3, 0.4) is 0 Å². The molecule has 5 rings (SSSR count). The SMILES string of the molecule is CCOc1ccc(N2C(=O)C(=O)/C(=C(/O)c3ccc(F)cc3)C2c2c[nH]c3ccccc23)cc1. The number of ether oxygens (including phenoxy) is 1. The number of halogens is 1. The Kier molecular flexibility index (Phi) is 5.37. The first-order valence-electron chi connectivity index (χ1n) is 10.9. The smallest absolute Gasteiger partial charge is 0.300 e. The van der Waals surface area contributed by atoms with Crippen molar-refractivity contribution in [1.82, 2.24) is 4.98 Å². The number of rotatable bonds is 5. The van der Waals surface area contributed by atoms with Crippen LogP contribution in [0.4, 0.5) is 10.1 Å². The summed E-state index contributed by atoms with van der Waals surface area (Å²) in [5.41, 5.74) is 2.16. The Morgan fingerprint density at radius 1 is 1.03 bits per heavy atom. The van der Waals surface area contributed by atoms with E-state index in [2.05, 4.69) is 4.98 Å². The summed E-state index contributed by atoms with van der Waals surface area (Å²) >= 11 is 0. The van der Waals surface area contributed by atoms with Gasteiger partial charge >= 0.3 is 0 Å². The van der Waals surface area contributed by atoms with Gasteiger partial charge in [-0.2, -0.15) is 0 Å². The number of benzene rings is 3. The van der Waals surface area contributed by atoms with Gasteiger partial charge in [-0.05, 0) is 61.5 Å². The second-order valence-corrected chi connectivity index (χ2v) is 7.89. The van der Waals surface area contributed by atoms with E-state index >= 15 is 0 Å². The van der Waals surface area contributed by atoms with Crippen molar-refractivity contribution in [2.24, 2.45) is 0 Å². The molecular weight excluding hydrogens is 435 g/mol.